The molecule has 2 heterocycles. The highest BCUT2D eigenvalue weighted by atomic mass is 19.1. The number of nitrogens with two attached hydrogens (primary N) is 1. The van der Waals surface area contributed by atoms with Crippen LogP contribution in [0, 0.1) is 11.2 Å². The van der Waals surface area contributed by atoms with Gasteiger partial charge in [0.2, 0.25) is 0 Å². The lowest BCUT2D eigenvalue weighted by atomic mass is 10.0. The number of aromatic nitrogens is 1. The van der Waals surface area contributed by atoms with Crippen molar-refractivity contribution in [2.45, 2.75) is 13.8 Å². The van der Waals surface area contributed by atoms with Crippen LogP contribution in [-0.2, 0) is 4.74 Å². The molecule has 3 N–H and O–H groups in total. The molecule has 31 heavy (non-hydrogen) atoms. The van der Waals surface area contributed by atoms with Crippen LogP contribution in [0.15, 0.2) is 47.6 Å². The zero-order valence-electron chi connectivity index (χ0n) is 17.4. The van der Waals surface area contributed by atoms with Crippen molar-refractivity contribution in [1.82, 2.24) is 4.98 Å². The molecule has 164 valence electrons. The van der Waals surface area contributed by atoms with Crippen molar-refractivity contribution in [3.63, 3.8) is 0 Å². The molecule has 9 heteroatoms. The first kappa shape index (κ1) is 23.8. The van der Waals surface area contributed by atoms with E-state index in [2.05, 4.69) is 9.98 Å². The van der Waals surface area contributed by atoms with Crippen LogP contribution in [0.1, 0.15) is 29.8 Å². The monoisotopic (exact) mass is 429 g/mol. The van der Waals surface area contributed by atoms with Gasteiger partial charge in [0.1, 0.15) is 17.3 Å². The summed E-state index contributed by atoms with van der Waals surface area (Å²) in [6.45, 7) is 6.43. The van der Waals surface area contributed by atoms with E-state index in [4.69, 9.17) is 15.9 Å². The predicted octanol–water partition coefficient (Wildman–Crippen LogP) is 3.92. The Balaban J connectivity index is 0.00000166. The lowest BCUT2D eigenvalue weighted by molar-refractivity contribution is 0.0836. The third-order valence-corrected chi connectivity index (χ3v) is 4.31. The smallest absolute Gasteiger partial charge is 0.332 e. The Morgan fingerprint density at radius 3 is 2.42 bits per heavy atom. The molecule has 0 radical (unpaired) electrons. The summed E-state index contributed by atoms with van der Waals surface area (Å²) >= 11 is 0. The Bertz CT molecular complexity index is 968. The van der Waals surface area contributed by atoms with Crippen molar-refractivity contribution >= 4 is 35.2 Å². The van der Waals surface area contributed by atoms with Crippen LogP contribution in [0.3, 0.4) is 0 Å². The van der Waals surface area contributed by atoms with Crippen molar-refractivity contribution in [3.8, 4) is 0 Å². The molecule has 1 fully saturated rings. The van der Waals surface area contributed by atoms with Crippen molar-refractivity contribution in [2.75, 3.05) is 31.2 Å². The fourth-order valence-electron chi connectivity index (χ4n) is 2.80. The number of allylic oxidation sites excluding steroid dienone is 1. The van der Waals surface area contributed by atoms with Crippen LogP contribution in [0.5, 0.6) is 0 Å². The van der Waals surface area contributed by atoms with Crippen LogP contribution in [0.2, 0.25) is 0 Å². The van der Waals surface area contributed by atoms with E-state index in [1.165, 1.54) is 36.4 Å². The number of carbonyl (C=O) groups excluding carboxylic acids is 1. The summed E-state index contributed by atoms with van der Waals surface area (Å²) in [5.74, 6) is -0.0725. The number of aliphatic imine (C=N–C) groups is 1. The van der Waals surface area contributed by atoms with Crippen LogP contribution in [-0.4, -0.2) is 49.4 Å². The number of hydrogen-bond donors (Lipinski definition) is 2. The summed E-state index contributed by atoms with van der Waals surface area (Å²) in [6, 6.07) is 5.55. The highest BCUT2D eigenvalue weighted by Crippen LogP contribution is 2.24. The number of ether oxygens (including phenoxy) is 1. The van der Waals surface area contributed by atoms with E-state index < -0.39 is 11.9 Å². The third kappa shape index (κ3) is 6.51. The van der Waals surface area contributed by atoms with Gasteiger partial charge >= 0.3 is 6.04 Å². The first-order chi connectivity index (χ1) is 15.0. The lowest BCUT2D eigenvalue weighted by Crippen LogP contribution is -2.36. The minimum absolute atomic E-state index is 0.0211. The number of carbonyl (C=O) groups is 1. The Kier molecular flexibility index (Phi) is 8.95. The molecule has 0 atom stereocenters. The van der Waals surface area contributed by atoms with Gasteiger partial charge in [-0.2, -0.15) is 4.39 Å². The standard InChI is InChI=1S/C20H19F2N5O2.C2H6/c21-16-12-25-19(27-5-7-29-8-6-27)10-17(16)26-18(24)9-15(11-23)13-1-3-14(4-2-13)20(22)28;1-2/h1-4,9-12,23H,5-8H2,(H2,24,25,26);1-2H3/b15-9+,23-11?;. The zero-order chi connectivity index (χ0) is 22.8. The number of benzene rings is 1. The largest absolute Gasteiger partial charge is 0.384 e. The Morgan fingerprint density at radius 1 is 1.23 bits per heavy atom. The maximum atomic E-state index is 14.2. The number of nitrogens with zero attached hydrogens (tertiary/aromatic N) is 3. The molecule has 1 aliphatic heterocycles. The highest BCUT2D eigenvalue weighted by Gasteiger charge is 2.14. The molecule has 7 nitrogen and oxygen atoms in total. The van der Waals surface area contributed by atoms with Crippen molar-refractivity contribution < 1.29 is 18.3 Å². The fraction of sp³-hybridized carbons (Fsp3) is 0.273. The number of nitrogens with one attached hydrogen (secondary N) is 1. The van der Waals surface area contributed by atoms with Gasteiger partial charge in [-0.25, -0.2) is 14.4 Å². The van der Waals surface area contributed by atoms with Crippen molar-refractivity contribution in [2.24, 2.45) is 10.7 Å². The topological polar surface area (TPSA) is 105 Å². The number of morpholine rings is 1. The Labute approximate surface area is 179 Å². The fourth-order valence-corrected chi connectivity index (χ4v) is 2.80. The summed E-state index contributed by atoms with van der Waals surface area (Å²) in [5.41, 5.74) is 6.77. The van der Waals surface area contributed by atoms with Gasteiger partial charge in [-0.05, 0) is 23.8 Å². The molecule has 1 aliphatic rings. The van der Waals surface area contributed by atoms with E-state index in [0.717, 1.165) is 12.4 Å². The van der Waals surface area contributed by atoms with Gasteiger partial charge in [0.15, 0.2) is 5.82 Å². The minimum Gasteiger partial charge on any atom is -0.384 e. The minimum atomic E-state index is -1.54. The number of amidine groups is 1. The van der Waals surface area contributed by atoms with E-state index in [9.17, 15) is 13.6 Å². The lowest BCUT2D eigenvalue weighted by Gasteiger charge is -2.27. The number of halogens is 2. The maximum Gasteiger partial charge on any atom is 0.332 e. The van der Waals surface area contributed by atoms with Crippen LogP contribution in [0.25, 0.3) is 5.57 Å². The van der Waals surface area contributed by atoms with E-state index in [1.807, 2.05) is 18.7 Å². The highest BCUT2D eigenvalue weighted by molar-refractivity contribution is 6.16. The molecule has 1 saturated heterocycles. The second-order valence-corrected chi connectivity index (χ2v) is 6.23. The summed E-state index contributed by atoms with van der Waals surface area (Å²) < 4.78 is 32.2. The van der Waals surface area contributed by atoms with Gasteiger partial charge in [0.05, 0.1) is 25.0 Å². The Morgan fingerprint density at radius 2 is 1.84 bits per heavy atom. The molecule has 2 aromatic rings. The van der Waals surface area contributed by atoms with E-state index in [0.29, 0.717) is 43.3 Å². The summed E-state index contributed by atoms with van der Waals surface area (Å²) in [5, 5.41) is 7.57. The third-order valence-electron chi connectivity index (χ3n) is 4.31. The summed E-state index contributed by atoms with van der Waals surface area (Å²) in [4.78, 5) is 20.9. The van der Waals surface area contributed by atoms with Gasteiger partial charge in [-0.15, -0.1) is 0 Å². The molecule has 0 amide bonds. The van der Waals surface area contributed by atoms with Gasteiger partial charge in [0, 0.05) is 30.9 Å². The van der Waals surface area contributed by atoms with Crippen LogP contribution >= 0.6 is 0 Å². The van der Waals surface area contributed by atoms with E-state index in [1.54, 1.807) is 0 Å². The zero-order valence-corrected chi connectivity index (χ0v) is 17.4. The Hall–Kier alpha value is -3.46. The molecule has 3 rings (SSSR count). The number of pyridine rings is 1. The second-order valence-electron chi connectivity index (χ2n) is 6.23. The van der Waals surface area contributed by atoms with Gasteiger partial charge in [-0.3, -0.25) is 4.79 Å². The quantitative estimate of drug-likeness (QED) is 0.411. The molecule has 1 aromatic carbocycles. The summed E-state index contributed by atoms with van der Waals surface area (Å²) in [7, 11) is 0. The normalized spacial score (nSPS) is 14.5. The van der Waals surface area contributed by atoms with Gasteiger partial charge < -0.3 is 20.8 Å². The molecule has 0 spiro atoms. The molecule has 0 saturated carbocycles. The van der Waals surface area contributed by atoms with Gasteiger partial charge in [-0.1, -0.05) is 26.0 Å². The molecule has 1 aromatic heterocycles. The first-order valence-electron chi connectivity index (χ1n) is 9.83. The average Bonchev–Trinajstić information content (AvgIpc) is 2.81. The predicted molar refractivity (Wildman–Crippen MR) is 118 cm³/mol. The summed E-state index contributed by atoms with van der Waals surface area (Å²) in [6.07, 6.45) is 3.52. The molecular weight excluding hydrogens is 404 g/mol. The van der Waals surface area contributed by atoms with Gasteiger partial charge in [0.25, 0.3) is 0 Å². The molecular formula is C22H25F2N5O2. The average molecular weight is 429 g/mol. The molecule has 0 bridgehead atoms. The molecule has 0 unspecified atom stereocenters. The van der Waals surface area contributed by atoms with Crippen molar-refractivity contribution in [3.05, 3.63) is 59.5 Å². The van der Waals surface area contributed by atoms with Crippen LogP contribution < -0.4 is 10.6 Å². The van der Waals surface area contributed by atoms with Crippen molar-refractivity contribution in [1.29, 1.82) is 5.41 Å². The number of hydrogen-bond acceptors (Lipinski definition) is 6. The maximum absolute atomic E-state index is 14.2. The molecule has 0 aliphatic carbocycles. The SMILES string of the molecule is CC.N=C/C(=C\C(N)=Nc1cc(N2CCOCC2)ncc1F)c1ccc(C(=O)F)cc1. The second kappa shape index (κ2) is 11.7. The van der Waals surface area contributed by atoms with E-state index in [-0.39, 0.29) is 17.1 Å². The van der Waals surface area contributed by atoms with Crippen LogP contribution in [0.4, 0.5) is 20.3 Å². The van der Waals surface area contributed by atoms with E-state index >= 15 is 0 Å². The first-order valence-corrected chi connectivity index (χ1v) is 9.83. The number of rotatable bonds is 6. The number of anilines is 1.